The van der Waals surface area contributed by atoms with Gasteiger partial charge in [-0.15, -0.1) is 0 Å². The first-order chi connectivity index (χ1) is 7.37. The summed E-state index contributed by atoms with van der Waals surface area (Å²) >= 11 is 0. The van der Waals surface area contributed by atoms with E-state index in [1.54, 1.807) is 0 Å². The lowest BCUT2D eigenvalue weighted by molar-refractivity contribution is -0.141. The van der Waals surface area contributed by atoms with E-state index in [-0.39, 0.29) is 6.04 Å². The van der Waals surface area contributed by atoms with E-state index in [9.17, 15) is 9.90 Å². The second-order valence-corrected chi connectivity index (χ2v) is 17.3. The molecule has 0 amide bonds. The second kappa shape index (κ2) is 5.67. The number of nitrogens with zero attached hydrogens (tertiary/aromatic N) is 1. The molecule has 0 unspecified atom stereocenters. The van der Waals surface area contributed by atoms with Crippen LogP contribution >= 0.6 is 0 Å². The molecule has 0 aromatic rings. The van der Waals surface area contributed by atoms with Crippen LogP contribution in [0.5, 0.6) is 0 Å². The van der Waals surface area contributed by atoms with Crippen LogP contribution in [0.15, 0.2) is 0 Å². The van der Waals surface area contributed by atoms with Gasteiger partial charge in [-0.3, -0.25) is 4.79 Å². The normalized spacial score (nSPS) is 15.4. The fourth-order valence-electron chi connectivity index (χ4n) is 2.70. The zero-order valence-electron chi connectivity index (χ0n) is 12.7. The Kier molecular flexibility index (Phi) is 5.62. The van der Waals surface area contributed by atoms with Gasteiger partial charge in [-0.2, -0.15) is 0 Å². The van der Waals surface area contributed by atoms with E-state index in [1.807, 2.05) is 0 Å². The number of hydrogen-bond donors (Lipinski definition) is 1. The minimum absolute atomic E-state index is 0.298. The molecule has 1 atom stereocenters. The van der Waals surface area contributed by atoms with Crippen molar-refractivity contribution < 1.29 is 9.90 Å². The summed E-state index contributed by atoms with van der Waals surface area (Å²) in [5, 5.41) is 9.52. The Bertz CT molecular complexity index is 253. The van der Waals surface area contributed by atoms with Crippen LogP contribution in [0.1, 0.15) is 20.3 Å². The maximum atomic E-state index is 11.6. The third-order valence-electron chi connectivity index (χ3n) is 2.74. The smallest absolute Gasteiger partial charge is 0.319 e. The van der Waals surface area contributed by atoms with Gasteiger partial charge in [0.05, 0.1) is 6.04 Å². The molecule has 1 N–H and O–H groups in total. The van der Waals surface area contributed by atoms with Gasteiger partial charge in [0.2, 0.25) is 0 Å². The Morgan fingerprint density at radius 1 is 1.06 bits per heavy atom. The predicted octanol–water partition coefficient (Wildman–Crippen LogP) is 3.46. The highest BCUT2D eigenvalue weighted by atomic mass is 28.4. The van der Waals surface area contributed by atoms with Crippen LogP contribution in [-0.2, 0) is 4.79 Å². The molecule has 0 aliphatic rings. The zero-order valence-corrected chi connectivity index (χ0v) is 14.7. The van der Waals surface area contributed by atoms with Crippen molar-refractivity contribution in [3.8, 4) is 0 Å². The van der Waals surface area contributed by atoms with Crippen molar-refractivity contribution in [2.45, 2.75) is 65.6 Å². The van der Waals surface area contributed by atoms with Gasteiger partial charge in [0.25, 0.3) is 0 Å². The minimum Gasteiger partial charge on any atom is -0.480 e. The maximum Gasteiger partial charge on any atom is 0.319 e. The highest BCUT2D eigenvalue weighted by Gasteiger charge is 2.42. The summed E-state index contributed by atoms with van der Waals surface area (Å²) in [5.41, 5.74) is 0. The molecule has 0 aromatic carbocycles. The average Bonchev–Trinajstić information content (AvgIpc) is 1.95. The summed E-state index contributed by atoms with van der Waals surface area (Å²) in [6, 6.07) is -0.298. The van der Waals surface area contributed by atoms with E-state index in [4.69, 9.17) is 0 Å². The number of hydrogen-bond acceptors (Lipinski definition) is 2. The molecular formula is C12H29NO2Si2. The van der Waals surface area contributed by atoms with Crippen molar-refractivity contribution in [3.63, 3.8) is 0 Å². The van der Waals surface area contributed by atoms with Crippen LogP contribution in [-0.4, -0.2) is 37.8 Å². The maximum absolute atomic E-state index is 11.6. The molecule has 0 rings (SSSR count). The summed E-state index contributed by atoms with van der Waals surface area (Å²) in [6.45, 7) is 17.7. The summed E-state index contributed by atoms with van der Waals surface area (Å²) < 4.78 is 2.39. The first kappa shape index (κ1) is 16.9. The van der Waals surface area contributed by atoms with Crippen LogP contribution in [0, 0.1) is 5.92 Å². The number of carboxylic acids is 1. The fraction of sp³-hybridized carbons (Fsp3) is 0.917. The average molecular weight is 276 g/mol. The second-order valence-electron chi connectivity index (χ2n) is 7.20. The van der Waals surface area contributed by atoms with Crippen LogP contribution in [0.2, 0.25) is 39.3 Å². The summed E-state index contributed by atoms with van der Waals surface area (Å²) in [6.07, 6.45) is 0.754. The van der Waals surface area contributed by atoms with Gasteiger partial charge in [0.1, 0.15) is 16.5 Å². The molecule has 0 aliphatic carbocycles. The Hall–Kier alpha value is -0.136. The van der Waals surface area contributed by atoms with Crippen molar-refractivity contribution in [2.24, 2.45) is 5.92 Å². The number of carboxylic acid groups (broad SMARTS) is 1. The lowest BCUT2D eigenvalue weighted by Gasteiger charge is -2.47. The molecule has 0 saturated heterocycles. The molecule has 5 heteroatoms. The van der Waals surface area contributed by atoms with Gasteiger partial charge in [-0.25, -0.2) is 0 Å². The molecule has 0 heterocycles. The summed E-state index contributed by atoms with van der Waals surface area (Å²) in [4.78, 5) is 11.6. The molecule has 3 nitrogen and oxygen atoms in total. The van der Waals surface area contributed by atoms with E-state index >= 15 is 0 Å². The molecule has 0 spiro atoms. The molecule has 0 aliphatic heterocycles. The molecule has 0 fully saturated rings. The van der Waals surface area contributed by atoms with Gasteiger partial charge in [-0.1, -0.05) is 53.1 Å². The molecule has 17 heavy (non-hydrogen) atoms. The van der Waals surface area contributed by atoms with Gasteiger partial charge in [0.15, 0.2) is 0 Å². The van der Waals surface area contributed by atoms with Crippen molar-refractivity contribution in [1.82, 2.24) is 4.23 Å². The molecule has 102 valence electrons. The zero-order chi connectivity index (χ0) is 14.0. The van der Waals surface area contributed by atoms with E-state index in [2.05, 4.69) is 57.4 Å². The highest BCUT2D eigenvalue weighted by molar-refractivity contribution is 6.89. The van der Waals surface area contributed by atoms with E-state index in [1.165, 1.54) is 0 Å². The Morgan fingerprint density at radius 2 is 1.41 bits per heavy atom. The van der Waals surface area contributed by atoms with Crippen LogP contribution < -0.4 is 0 Å². The van der Waals surface area contributed by atoms with Crippen LogP contribution in [0.4, 0.5) is 0 Å². The van der Waals surface area contributed by atoms with Crippen LogP contribution in [0.3, 0.4) is 0 Å². The van der Waals surface area contributed by atoms with E-state index in [0.717, 1.165) is 6.42 Å². The lowest BCUT2D eigenvalue weighted by Crippen LogP contribution is -2.65. The standard InChI is InChI=1S/C12H29NO2Si2/c1-10(2)9-11(12(14)15)13(16(3,4)5)17(6,7)8/h10-11H,9H2,1-8H3,(H,14,15)/t11-/m0/s1. The summed E-state index contributed by atoms with van der Waals surface area (Å²) in [5.74, 6) is -0.227. The third kappa shape index (κ3) is 5.35. The van der Waals surface area contributed by atoms with Crippen molar-refractivity contribution >= 4 is 22.4 Å². The van der Waals surface area contributed by atoms with Gasteiger partial charge in [-0.05, 0) is 12.3 Å². The molecule has 0 bridgehead atoms. The van der Waals surface area contributed by atoms with Crippen LogP contribution in [0.25, 0.3) is 0 Å². The lowest BCUT2D eigenvalue weighted by atomic mass is 10.1. The SMILES string of the molecule is CC(C)C[C@@H](C(=O)O)N([Si](C)(C)C)[Si](C)(C)C. The molecule has 0 aromatic heterocycles. The first-order valence-corrected chi connectivity index (χ1v) is 13.3. The Balaban J connectivity index is 5.32. The third-order valence-corrected chi connectivity index (χ3v) is 10.3. The van der Waals surface area contributed by atoms with Crippen molar-refractivity contribution in [2.75, 3.05) is 0 Å². The van der Waals surface area contributed by atoms with E-state index < -0.39 is 22.4 Å². The molecule has 0 saturated carbocycles. The Morgan fingerprint density at radius 3 is 1.59 bits per heavy atom. The fourth-order valence-corrected chi connectivity index (χ4v) is 13.1. The van der Waals surface area contributed by atoms with Crippen molar-refractivity contribution in [1.29, 1.82) is 0 Å². The van der Waals surface area contributed by atoms with Crippen molar-refractivity contribution in [3.05, 3.63) is 0 Å². The number of aliphatic carboxylic acids is 1. The number of rotatable bonds is 6. The van der Waals surface area contributed by atoms with Gasteiger partial charge < -0.3 is 9.34 Å². The van der Waals surface area contributed by atoms with Gasteiger partial charge >= 0.3 is 5.97 Å². The Labute approximate surface area is 108 Å². The molecule has 0 radical (unpaired) electrons. The largest absolute Gasteiger partial charge is 0.480 e. The first-order valence-electron chi connectivity index (χ1n) is 6.39. The quantitative estimate of drug-likeness (QED) is 0.755. The van der Waals surface area contributed by atoms with E-state index in [0.29, 0.717) is 5.92 Å². The predicted molar refractivity (Wildman–Crippen MR) is 79.4 cm³/mol. The number of carbonyl (C=O) groups is 1. The monoisotopic (exact) mass is 275 g/mol. The highest BCUT2D eigenvalue weighted by Crippen LogP contribution is 2.26. The minimum atomic E-state index is -1.60. The van der Waals surface area contributed by atoms with Gasteiger partial charge in [0, 0.05) is 0 Å². The molecular weight excluding hydrogens is 246 g/mol. The summed E-state index contributed by atoms with van der Waals surface area (Å²) in [7, 11) is -3.20. The topological polar surface area (TPSA) is 40.5 Å².